The lowest BCUT2D eigenvalue weighted by Gasteiger charge is -2.14. The minimum Gasteiger partial charge on any atom is -0.226 e. The highest BCUT2D eigenvalue weighted by molar-refractivity contribution is 7.26. The zero-order valence-corrected chi connectivity index (χ0v) is 37.0. The first-order valence-electron chi connectivity index (χ1n) is 22.3. The molecule has 0 saturated carbocycles. The Hall–Kier alpha value is -8.71. The number of thiophene rings is 1. The van der Waals surface area contributed by atoms with Gasteiger partial charge in [0, 0.05) is 37.9 Å². The molecule has 0 saturated heterocycles. The molecular formula is C61H39N5S. The van der Waals surface area contributed by atoms with Crippen molar-refractivity contribution in [1.29, 1.82) is 0 Å². The van der Waals surface area contributed by atoms with Crippen LogP contribution in [0.2, 0.25) is 0 Å². The molecule has 67 heavy (non-hydrogen) atoms. The quantitative estimate of drug-likeness (QED) is 0.145. The standard InChI is InChI=1S/C61H39N5S/c1-6-18-40(19-7-1)47-34-48(41-20-8-2-9-21-41)37-51(36-47)60-64-59(65-61(66-60)52-38-49(42-22-10-3-11-23-42)35-50(39-52)43-24-12-4-13-25-43)46-32-30-45(31-33-46)58-62-55(44-26-14-5-15-27-44)57-56(63-58)53-28-16-17-29-54(53)67-57/h1-39H. The molecule has 0 aliphatic rings. The molecule has 6 heteroatoms. The first kappa shape index (κ1) is 39.8. The van der Waals surface area contributed by atoms with Crippen LogP contribution in [0.15, 0.2) is 237 Å². The number of hydrogen-bond acceptors (Lipinski definition) is 6. The monoisotopic (exact) mass is 873 g/mol. The van der Waals surface area contributed by atoms with E-state index in [1.54, 1.807) is 11.3 Å². The van der Waals surface area contributed by atoms with Crippen molar-refractivity contribution in [3.8, 4) is 101 Å². The Morgan fingerprint density at radius 3 is 0.985 bits per heavy atom. The van der Waals surface area contributed by atoms with E-state index in [1.807, 2.05) is 30.3 Å². The van der Waals surface area contributed by atoms with E-state index in [0.717, 1.165) is 93.6 Å². The second-order valence-corrected chi connectivity index (χ2v) is 17.5. The number of nitrogens with zero attached hydrogens (tertiary/aromatic N) is 5. The fourth-order valence-electron chi connectivity index (χ4n) is 8.75. The lowest BCUT2D eigenvalue weighted by molar-refractivity contribution is 1.07. The fraction of sp³-hybridized carbons (Fsp3) is 0. The summed E-state index contributed by atoms with van der Waals surface area (Å²) in [5.41, 5.74) is 15.2. The van der Waals surface area contributed by atoms with Crippen molar-refractivity contribution < 1.29 is 0 Å². The second kappa shape index (κ2) is 17.3. The molecule has 0 radical (unpaired) electrons. The minimum absolute atomic E-state index is 0.564. The number of fused-ring (bicyclic) bond motifs is 3. The van der Waals surface area contributed by atoms with Crippen LogP contribution in [0.4, 0.5) is 0 Å². The molecule has 5 nitrogen and oxygen atoms in total. The van der Waals surface area contributed by atoms with Crippen molar-refractivity contribution in [3.63, 3.8) is 0 Å². The van der Waals surface area contributed by atoms with Crippen LogP contribution in [0.25, 0.3) is 122 Å². The summed E-state index contributed by atoms with van der Waals surface area (Å²) in [6.45, 7) is 0. The highest BCUT2D eigenvalue weighted by atomic mass is 32.1. The summed E-state index contributed by atoms with van der Waals surface area (Å²) in [6.07, 6.45) is 0. The van der Waals surface area contributed by atoms with Crippen molar-refractivity contribution in [3.05, 3.63) is 237 Å². The lowest BCUT2D eigenvalue weighted by Crippen LogP contribution is -2.01. The molecule has 0 unspecified atom stereocenters. The average molecular weight is 874 g/mol. The average Bonchev–Trinajstić information content (AvgIpc) is 3.80. The first-order valence-corrected chi connectivity index (χ1v) is 23.1. The maximum Gasteiger partial charge on any atom is 0.164 e. The molecule has 0 fully saturated rings. The Morgan fingerprint density at radius 2 is 0.567 bits per heavy atom. The van der Waals surface area contributed by atoms with E-state index in [-0.39, 0.29) is 0 Å². The SMILES string of the molecule is c1ccc(-c2cc(-c3ccccc3)cc(-c3nc(-c4ccc(-c5nc(-c6ccccc6)c6sc7ccccc7c6n5)cc4)nc(-c4cc(-c5ccccc5)cc(-c5ccccc5)c4)n3)c2)cc1. The molecule has 0 bridgehead atoms. The lowest BCUT2D eigenvalue weighted by atomic mass is 9.95. The molecule has 3 aromatic heterocycles. The smallest absolute Gasteiger partial charge is 0.164 e. The molecule has 0 amide bonds. The third-order valence-electron chi connectivity index (χ3n) is 12.1. The van der Waals surface area contributed by atoms with Gasteiger partial charge in [0.1, 0.15) is 0 Å². The first-order chi connectivity index (χ1) is 33.2. The Kier molecular flexibility index (Phi) is 10.3. The molecule has 0 aliphatic heterocycles. The molecule has 3 heterocycles. The van der Waals surface area contributed by atoms with E-state index in [9.17, 15) is 0 Å². The predicted octanol–water partition coefficient (Wildman–Crippen LogP) is 16.0. The third-order valence-corrected chi connectivity index (χ3v) is 13.3. The van der Waals surface area contributed by atoms with Gasteiger partial charge >= 0.3 is 0 Å². The van der Waals surface area contributed by atoms with Crippen molar-refractivity contribution in [2.75, 3.05) is 0 Å². The van der Waals surface area contributed by atoms with E-state index in [4.69, 9.17) is 24.9 Å². The highest BCUT2D eigenvalue weighted by Gasteiger charge is 2.19. The Labute approximate surface area is 392 Å². The van der Waals surface area contributed by atoms with Gasteiger partial charge in [-0.05, 0) is 87.0 Å². The Bertz CT molecular complexity index is 3450. The van der Waals surface area contributed by atoms with E-state index >= 15 is 0 Å². The van der Waals surface area contributed by atoms with E-state index in [2.05, 4.69) is 206 Å². The number of rotatable bonds is 9. The summed E-state index contributed by atoms with van der Waals surface area (Å²) >= 11 is 1.74. The number of hydrogen-bond donors (Lipinski definition) is 0. The highest BCUT2D eigenvalue weighted by Crippen LogP contribution is 2.40. The Morgan fingerprint density at radius 1 is 0.239 bits per heavy atom. The van der Waals surface area contributed by atoms with Crippen LogP contribution in [-0.4, -0.2) is 24.9 Å². The van der Waals surface area contributed by atoms with Gasteiger partial charge < -0.3 is 0 Å². The van der Waals surface area contributed by atoms with Gasteiger partial charge in [-0.1, -0.05) is 194 Å². The van der Waals surface area contributed by atoms with Gasteiger partial charge in [-0.25, -0.2) is 24.9 Å². The van der Waals surface area contributed by atoms with Crippen LogP contribution < -0.4 is 0 Å². The summed E-state index contributed by atoms with van der Waals surface area (Å²) < 4.78 is 2.27. The van der Waals surface area contributed by atoms with Gasteiger partial charge in [-0.3, -0.25) is 0 Å². The van der Waals surface area contributed by atoms with Gasteiger partial charge in [-0.15, -0.1) is 11.3 Å². The van der Waals surface area contributed by atoms with Crippen molar-refractivity contribution in [2.24, 2.45) is 0 Å². The van der Waals surface area contributed by atoms with Crippen LogP contribution in [0, 0.1) is 0 Å². The molecule has 0 aliphatic carbocycles. The zero-order chi connectivity index (χ0) is 44.5. The molecule has 12 aromatic rings. The maximum atomic E-state index is 5.35. The molecule has 0 N–H and O–H groups in total. The molecule has 0 atom stereocenters. The summed E-state index contributed by atoms with van der Waals surface area (Å²) in [4.78, 5) is 26.4. The molecule has 9 aromatic carbocycles. The molecule has 314 valence electrons. The van der Waals surface area contributed by atoms with Crippen LogP contribution in [-0.2, 0) is 0 Å². The van der Waals surface area contributed by atoms with Crippen LogP contribution in [0.1, 0.15) is 0 Å². The molecule has 0 spiro atoms. The van der Waals surface area contributed by atoms with Gasteiger partial charge in [0.2, 0.25) is 0 Å². The summed E-state index contributed by atoms with van der Waals surface area (Å²) in [6, 6.07) is 82.3. The number of aromatic nitrogens is 5. The van der Waals surface area contributed by atoms with Crippen LogP contribution in [0.3, 0.4) is 0 Å². The summed E-state index contributed by atoms with van der Waals surface area (Å²) in [5, 5.41) is 1.13. The van der Waals surface area contributed by atoms with Gasteiger partial charge in [-0.2, -0.15) is 0 Å². The maximum absolute atomic E-state index is 5.35. The Balaban J connectivity index is 1.04. The van der Waals surface area contributed by atoms with Crippen LogP contribution >= 0.6 is 11.3 Å². The topological polar surface area (TPSA) is 64.5 Å². The van der Waals surface area contributed by atoms with Crippen molar-refractivity contribution >= 4 is 31.6 Å². The van der Waals surface area contributed by atoms with Crippen molar-refractivity contribution in [1.82, 2.24) is 24.9 Å². The van der Waals surface area contributed by atoms with Crippen LogP contribution in [0.5, 0.6) is 0 Å². The molecular weight excluding hydrogens is 835 g/mol. The van der Waals surface area contributed by atoms with E-state index in [0.29, 0.717) is 23.3 Å². The molecule has 12 rings (SSSR count). The van der Waals surface area contributed by atoms with Crippen molar-refractivity contribution in [2.45, 2.75) is 0 Å². The summed E-state index contributed by atoms with van der Waals surface area (Å²) in [7, 11) is 0. The van der Waals surface area contributed by atoms with Gasteiger partial charge in [0.15, 0.2) is 23.3 Å². The number of benzene rings is 9. The normalized spacial score (nSPS) is 11.3. The van der Waals surface area contributed by atoms with Gasteiger partial charge in [0.25, 0.3) is 0 Å². The minimum atomic E-state index is 0.564. The second-order valence-electron chi connectivity index (χ2n) is 16.5. The predicted molar refractivity (Wildman–Crippen MR) is 277 cm³/mol. The fourth-order valence-corrected chi connectivity index (χ4v) is 9.90. The van der Waals surface area contributed by atoms with E-state index < -0.39 is 0 Å². The third kappa shape index (κ3) is 7.96. The summed E-state index contributed by atoms with van der Waals surface area (Å²) in [5.74, 6) is 2.39. The largest absolute Gasteiger partial charge is 0.226 e. The van der Waals surface area contributed by atoms with Gasteiger partial charge in [0.05, 0.1) is 15.9 Å². The van der Waals surface area contributed by atoms with E-state index in [1.165, 1.54) is 4.70 Å². The zero-order valence-electron chi connectivity index (χ0n) is 36.2.